The van der Waals surface area contributed by atoms with Gasteiger partial charge in [0, 0.05) is 48.2 Å². The van der Waals surface area contributed by atoms with Gasteiger partial charge < -0.3 is 10.4 Å². The number of carbonyl (C=O) groups is 1. The molecule has 0 spiro atoms. The van der Waals surface area contributed by atoms with Crippen LogP contribution in [0, 0.1) is 0 Å². The molecule has 0 unspecified atom stereocenters. The van der Waals surface area contributed by atoms with Gasteiger partial charge in [-0.2, -0.15) is 5.10 Å². The van der Waals surface area contributed by atoms with E-state index in [2.05, 4.69) is 22.3 Å². The molecule has 0 fully saturated rings. The Kier molecular flexibility index (Phi) is 4.30. The van der Waals surface area contributed by atoms with Crippen LogP contribution in [0.25, 0.3) is 4.96 Å². The van der Waals surface area contributed by atoms with Gasteiger partial charge >= 0.3 is 5.97 Å². The number of hydrogen-bond acceptors (Lipinski definition) is 5. The van der Waals surface area contributed by atoms with E-state index < -0.39 is 5.97 Å². The zero-order valence-corrected chi connectivity index (χ0v) is 14.9. The van der Waals surface area contributed by atoms with Crippen molar-refractivity contribution in [2.45, 2.75) is 51.7 Å². The predicted octanol–water partition coefficient (Wildman–Crippen LogP) is 2.35. The SMILES string of the molecule is CCCn1nc(C(=O)O)c2c1CC[C@H](NCc1cn3ccsc3n1)C2. The maximum atomic E-state index is 11.5. The summed E-state index contributed by atoms with van der Waals surface area (Å²) in [6.45, 7) is 3.55. The Labute approximate surface area is 149 Å². The fourth-order valence-corrected chi connectivity index (χ4v) is 4.26. The summed E-state index contributed by atoms with van der Waals surface area (Å²) in [6.07, 6.45) is 7.56. The van der Waals surface area contributed by atoms with Gasteiger partial charge in [0.15, 0.2) is 10.7 Å². The molecule has 4 rings (SSSR count). The van der Waals surface area contributed by atoms with Crippen molar-refractivity contribution >= 4 is 22.3 Å². The number of thiazole rings is 1. The predicted molar refractivity (Wildman–Crippen MR) is 95.2 cm³/mol. The minimum absolute atomic E-state index is 0.220. The first-order valence-corrected chi connectivity index (χ1v) is 9.50. The van der Waals surface area contributed by atoms with E-state index in [-0.39, 0.29) is 11.7 Å². The van der Waals surface area contributed by atoms with E-state index in [1.165, 1.54) is 0 Å². The fourth-order valence-electron chi connectivity index (χ4n) is 3.54. The lowest BCUT2D eigenvalue weighted by Crippen LogP contribution is -2.35. The lowest BCUT2D eigenvalue weighted by Gasteiger charge is -2.24. The number of aromatic nitrogens is 4. The Morgan fingerprint density at radius 3 is 3.16 bits per heavy atom. The lowest BCUT2D eigenvalue weighted by molar-refractivity contribution is 0.0688. The van der Waals surface area contributed by atoms with Crippen molar-refractivity contribution in [1.82, 2.24) is 24.5 Å². The minimum Gasteiger partial charge on any atom is -0.476 e. The second-order valence-electron chi connectivity index (χ2n) is 6.45. The van der Waals surface area contributed by atoms with Gasteiger partial charge in [-0.25, -0.2) is 9.78 Å². The van der Waals surface area contributed by atoms with Gasteiger partial charge in [-0.15, -0.1) is 11.3 Å². The number of aryl methyl sites for hydroxylation is 1. The summed E-state index contributed by atoms with van der Waals surface area (Å²) in [5, 5.41) is 19.3. The number of fused-ring (bicyclic) bond motifs is 2. The monoisotopic (exact) mass is 359 g/mol. The Morgan fingerprint density at radius 1 is 1.52 bits per heavy atom. The maximum absolute atomic E-state index is 11.5. The van der Waals surface area contributed by atoms with E-state index >= 15 is 0 Å². The summed E-state index contributed by atoms with van der Waals surface area (Å²) in [5.41, 5.74) is 3.23. The summed E-state index contributed by atoms with van der Waals surface area (Å²) < 4.78 is 3.91. The molecule has 0 saturated carbocycles. The van der Waals surface area contributed by atoms with Gasteiger partial charge in [0.2, 0.25) is 0 Å². The topological polar surface area (TPSA) is 84.5 Å². The van der Waals surface area contributed by atoms with Crippen LogP contribution in [0.3, 0.4) is 0 Å². The fraction of sp³-hybridized carbons (Fsp3) is 0.471. The van der Waals surface area contributed by atoms with E-state index in [4.69, 9.17) is 0 Å². The average molecular weight is 359 g/mol. The van der Waals surface area contributed by atoms with Crippen molar-refractivity contribution in [1.29, 1.82) is 0 Å². The molecule has 2 N–H and O–H groups in total. The first-order valence-electron chi connectivity index (χ1n) is 8.62. The van der Waals surface area contributed by atoms with Crippen LogP contribution in [-0.4, -0.2) is 36.3 Å². The number of nitrogens with one attached hydrogen (secondary N) is 1. The summed E-state index contributed by atoms with van der Waals surface area (Å²) in [4.78, 5) is 17.1. The second-order valence-corrected chi connectivity index (χ2v) is 7.32. The number of carboxylic acids is 1. The largest absolute Gasteiger partial charge is 0.476 e. The first kappa shape index (κ1) is 16.3. The van der Waals surface area contributed by atoms with Crippen LogP contribution >= 0.6 is 11.3 Å². The van der Waals surface area contributed by atoms with E-state index in [9.17, 15) is 9.90 Å². The minimum atomic E-state index is -0.930. The van der Waals surface area contributed by atoms with Crippen molar-refractivity contribution in [2.24, 2.45) is 0 Å². The molecule has 3 aromatic rings. The molecule has 0 aliphatic heterocycles. The molecule has 132 valence electrons. The normalized spacial score (nSPS) is 17.1. The molecule has 0 saturated heterocycles. The zero-order chi connectivity index (χ0) is 17.4. The average Bonchev–Trinajstić information content (AvgIpc) is 3.26. The number of aromatic carboxylic acids is 1. The van der Waals surface area contributed by atoms with E-state index in [0.29, 0.717) is 13.0 Å². The molecule has 1 aliphatic carbocycles. The molecule has 25 heavy (non-hydrogen) atoms. The summed E-state index contributed by atoms with van der Waals surface area (Å²) in [7, 11) is 0. The Bertz CT molecular complexity index is 881. The van der Waals surface area contributed by atoms with Gasteiger partial charge in [0.05, 0.1) is 5.69 Å². The summed E-state index contributed by atoms with van der Waals surface area (Å²) in [6, 6.07) is 0.254. The highest BCUT2D eigenvalue weighted by atomic mass is 32.1. The van der Waals surface area contributed by atoms with Crippen molar-refractivity contribution in [3.05, 3.63) is 40.4 Å². The van der Waals surface area contributed by atoms with Crippen molar-refractivity contribution in [3.63, 3.8) is 0 Å². The third kappa shape index (κ3) is 3.07. The number of carboxylic acid groups (broad SMARTS) is 1. The maximum Gasteiger partial charge on any atom is 0.356 e. The molecule has 0 aromatic carbocycles. The Hall–Kier alpha value is -2.19. The van der Waals surface area contributed by atoms with Crippen molar-refractivity contribution < 1.29 is 9.90 Å². The van der Waals surface area contributed by atoms with Crippen LogP contribution in [0.1, 0.15) is 47.2 Å². The smallest absolute Gasteiger partial charge is 0.356 e. The third-order valence-corrected chi connectivity index (χ3v) is 5.47. The first-order chi connectivity index (χ1) is 12.2. The van der Waals surface area contributed by atoms with Crippen molar-refractivity contribution in [3.8, 4) is 0 Å². The number of imidazole rings is 1. The quantitative estimate of drug-likeness (QED) is 0.706. The Balaban J connectivity index is 1.48. The van der Waals surface area contributed by atoms with Crippen LogP contribution < -0.4 is 5.32 Å². The standard InChI is InChI=1S/C17H21N5O2S/c1-2-5-22-14-4-3-11(8-13(14)15(20-22)16(23)24)18-9-12-10-21-6-7-25-17(21)19-12/h6-7,10-11,18H,2-5,8-9H2,1H3,(H,23,24)/t11-/m0/s1. The van der Waals surface area contributed by atoms with E-state index in [1.807, 2.05) is 26.9 Å². The lowest BCUT2D eigenvalue weighted by atomic mass is 9.91. The molecular formula is C17H21N5O2S. The second kappa shape index (κ2) is 6.61. The van der Waals surface area contributed by atoms with Crippen LogP contribution in [0.4, 0.5) is 0 Å². The molecule has 8 heteroatoms. The highest BCUT2D eigenvalue weighted by Crippen LogP contribution is 2.25. The van der Waals surface area contributed by atoms with E-state index in [0.717, 1.165) is 47.7 Å². The van der Waals surface area contributed by atoms with Gasteiger partial charge in [0.1, 0.15) is 0 Å². The van der Waals surface area contributed by atoms with Crippen molar-refractivity contribution in [2.75, 3.05) is 0 Å². The molecule has 1 aliphatic rings. The highest BCUT2D eigenvalue weighted by Gasteiger charge is 2.28. The molecule has 3 heterocycles. The molecule has 1 atom stereocenters. The van der Waals surface area contributed by atoms with Crippen LogP contribution in [0.2, 0.25) is 0 Å². The van der Waals surface area contributed by atoms with Crippen LogP contribution in [0.15, 0.2) is 17.8 Å². The number of nitrogens with zero attached hydrogens (tertiary/aromatic N) is 4. The van der Waals surface area contributed by atoms with E-state index in [1.54, 1.807) is 11.3 Å². The molecule has 0 amide bonds. The van der Waals surface area contributed by atoms with Gasteiger partial charge in [-0.3, -0.25) is 9.08 Å². The summed E-state index contributed by atoms with van der Waals surface area (Å²) >= 11 is 1.62. The zero-order valence-electron chi connectivity index (χ0n) is 14.1. The molecule has 7 nitrogen and oxygen atoms in total. The molecule has 0 radical (unpaired) electrons. The molecule has 3 aromatic heterocycles. The van der Waals surface area contributed by atoms with Gasteiger partial charge in [-0.05, 0) is 25.7 Å². The van der Waals surface area contributed by atoms with Crippen LogP contribution in [-0.2, 0) is 25.9 Å². The highest BCUT2D eigenvalue weighted by molar-refractivity contribution is 7.15. The third-order valence-electron chi connectivity index (χ3n) is 4.70. The molecule has 0 bridgehead atoms. The van der Waals surface area contributed by atoms with Gasteiger partial charge in [-0.1, -0.05) is 6.92 Å². The number of hydrogen-bond donors (Lipinski definition) is 2. The molecular weight excluding hydrogens is 338 g/mol. The number of rotatable bonds is 6. The summed E-state index contributed by atoms with van der Waals surface area (Å²) in [5.74, 6) is -0.930. The van der Waals surface area contributed by atoms with Gasteiger partial charge in [0.25, 0.3) is 0 Å². The Morgan fingerprint density at radius 2 is 2.40 bits per heavy atom. The van der Waals surface area contributed by atoms with Crippen LogP contribution in [0.5, 0.6) is 0 Å².